The Balaban J connectivity index is 1.49. The van der Waals surface area contributed by atoms with Crippen molar-refractivity contribution in [3.63, 3.8) is 0 Å². The van der Waals surface area contributed by atoms with Crippen LogP contribution in [0.15, 0.2) is 12.3 Å². The quantitative estimate of drug-likeness (QED) is 0.523. The molecule has 2 fully saturated rings. The number of aromatic nitrogens is 4. The van der Waals surface area contributed by atoms with E-state index in [1.165, 1.54) is 0 Å². The first-order chi connectivity index (χ1) is 16.0. The molecule has 9 nitrogen and oxygen atoms in total. The van der Waals surface area contributed by atoms with E-state index in [2.05, 4.69) is 51.2 Å². The van der Waals surface area contributed by atoms with Crippen molar-refractivity contribution in [2.75, 3.05) is 23.8 Å². The summed E-state index contributed by atoms with van der Waals surface area (Å²) in [6.45, 7) is 9.09. The van der Waals surface area contributed by atoms with Gasteiger partial charge in [0.05, 0.1) is 6.20 Å². The monoisotopic (exact) mass is 489 g/mol. The lowest BCUT2D eigenvalue weighted by molar-refractivity contribution is -0.0579. The summed E-state index contributed by atoms with van der Waals surface area (Å²) >= 11 is 6.34. The Hall–Kier alpha value is -2.55. The third kappa shape index (κ3) is 4.80. The number of piperidine rings is 1. The highest BCUT2D eigenvalue weighted by Crippen LogP contribution is 2.53. The van der Waals surface area contributed by atoms with Crippen LogP contribution in [0.4, 0.5) is 22.4 Å². The Morgan fingerprint density at radius 1 is 1.32 bits per heavy atom. The molecule has 2 aromatic rings. The highest BCUT2D eigenvalue weighted by Gasteiger charge is 2.52. The van der Waals surface area contributed by atoms with Gasteiger partial charge in [-0.25, -0.2) is 9.78 Å². The Morgan fingerprint density at radius 3 is 2.62 bits per heavy atom. The molecule has 1 spiro atoms. The van der Waals surface area contributed by atoms with Crippen LogP contribution in [0.2, 0.25) is 5.02 Å². The van der Waals surface area contributed by atoms with Gasteiger partial charge >= 0.3 is 6.09 Å². The fourth-order valence-corrected chi connectivity index (χ4v) is 6.40. The van der Waals surface area contributed by atoms with E-state index >= 15 is 0 Å². The zero-order chi connectivity index (χ0) is 24.7. The summed E-state index contributed by atoms with van der Waals surface area (Å²) in [4.78, 5) is 25.1. The van der Waals surface area contributed by atoms with Crippen LogP contribution in [-0.4, -0.2) is 61.9 Å². The van der Waals surface area contributed by atoms with Gasteiger partial charge in [0.25, 0.3) is 0 Å². The van der Waals surface area contributed by atoms with Gasteiger partial charge in [-0.3, -0.25) is 5.10 Å². The van der Waals surface area contributed by atoms with Crippen molar-refractivity contribution < 1.29 is 9.90 Å². The Labute approximate surface area is 206 Å². The van der Waals surface area contributed by atoms with Gasteiger partial charge in [0.15, 0.2) is 11.6 Å². The van der Waals surface area contributed by atoms with Crippen LogP contribution in [0.1, 0.15) is 65.0 Å². The Morgan fingerprint density at radius 2 is 2.03 bits per heavy atom. The molecular weight excluding hydrogens is 454 g/mol. The number of hydrogen-bond donors (Lipinski definition) is 3. The number of carbonyl (C=O) groups is 1. The minimum Gasteiger partial charge on any atom is -0.465 e. The average Bonchev–Trinajstić information content (AvgIpc) is 3.19. The molecule has 1 aliphatic heterocycles. The molecule has 4 rings (SSSR count). The van der Waals surface area contributed by atoms with Gasteiger partial charge in [0, 0.05) is 37.4 Å². The molecule has 10 heteroatoms. The van der Waals surface area contributed by atoms with Crippen molar-refractivity contribution in [2.24, 2.45) is 10.8 Å². The summed E-state index contributed by atoms with van der Waals surface area (Å²) in [7, 11) is 2.03. The Kier molecular flexibility index (Phi) is 6.68. The molecule has 0 radical (unpaired) electrons. The lowest BCUT2D eigenvalue weighted by Crippen LogP contribution is -2.61. The van der Waals surface area contributed by atoms with Crippen molar-refractivity contribution in [1.82, 2.24) is 25.1 Å². The van der Waals surface area contributed by atoms with Crippen molar-refractivity contribution in [3.8, 4) is 0 Å². The zero-order valence-corrected chi connectivity index (χ0v) is 21.5. The highest BCUT2D eigenvalue weighted by atomic mass is 35.5. The van der Waals surface area contributed by atoms with Crippen molar-refractivity contribution in [1.29, 1.82) is 0 Å². The van der Waals surface area contributed by atoms with E-state index in [-0.39, 0.29) is 22.9 Å². The minimum atomic E-state index is -0.792. The number of aryl methyl sites for hydroxylation is 1. The summed E-state index contributed by atoms with van der Waals surface area (Å²) in [5.74, 6) is 1.79. The summed E-state index contributed by atoms with van der Waals surface area (Å²) in [6, 6.07) is 2.20. The van der Waals surface area contributed by atoms with Crippen LogP contribution in [0.3, 0.4) is 0 Å². The van der Waals surface area contributed by atoms with Crippen LogP contribution in [0.25, 0.3) is 0 Å². The van der Waals surface area contributed by atoms with Gasteiger partial charge in [0.2, 0.25) is 5.95 Å². The van der Waals surface area contributed by atoms with Crippen molar-refractivity contribution in [2.45, 2.75) is 78.3 Å². The van der Waals surface area contributed by atoms with Gasteiger partial charge in [-0.15, -0.1) is 0 Å². The summed E-state index contributed by atoms with van der Waals surface area (Å²) in [6.07, 6.45) is 6.80. The van der Waals surface area contributed by atoms with E-state index < -0.39 is 6.09 Å². The van der Waals surface area contributed by atoms with E-state index in [4.69, 9.17) is 11.6 Å². The lowest BCUT2D eigenvalue weighted by atomic mass is 9.57. The molecule has 1 saturated carbocycles. The van der Waals surface area contributed by atoms with Crippen LogP contribution in [0.5, 0.6) is 0 Å². The van der Waals surface area contributed by atoms with Crippen LogP contribution in [0, 0.1) is 17.8 Å². The number of aromatic amines is 1. The third-order valence-electron chi connectivity index (χ3n) is 7.53. The summed E-state index contributed by atoms with van der Waals surface area (Å²) in [5.41, 5.74) is 0.860. The number of nitrogens with zero attached hydrogens (tertiary/aromatic N) is 5. The average molecular weight is 490 g/mol. The molecule has 0 bridgehead atoms. The summed E-state index contributed by atoms with van der Waals surface area (Å²) < 4.78 is 0. The van der Waals surface area contributed by atoms with E-state index in [1.54, 1.807) is 11.1 Å². The highest BCUT2D eigenvalue weighted by molar-refractivity contribution is 6.32. The van der Waals surface area contributed by atoms with E-state index in [0.29, 0.717) is 29.2 Å². The molecule has 2 aliphatic rings. The topological polar surface area (TPSA) is 110 Å². The number of amides is 1. The number of nitrogens with one attached hydrogen (secondary N) is 2. The maximum atomic E-state index is 12.1. The molecule has 3 heterocycles. The third-order valence-corrected chi connectivity index (χ3v) is 7.81. The van der Waals surface area contributed by atoms with E-state index in [9.17, 15) is 9.90 Å². The number of hydrogen-bond acceptors (Lipinski definition) is 6. The predicted octanol–water partition coefficient (Wildman–Crippen LogP) is 5.46. The number of likely N-dealkylation sites (tertiary alicyclic amines) is 1. The molecule has 1 unspecified atom stereocenters. The lowest BCUT2D eigenvalue weighted by Gasteiger charge is -2.57. The van der Waals surface area contributed by atoms with Crippen LogP contribution < -0.4 is 10.2 Å². The van der Waals surface area contributed by atoms with Gasteiger partial charge in [-0.2, -0.15) is 10.1 Å². The van der Waals surface area contributed by atoms with Crippen LogP contribution in [-0.2, 0) is 0 Å². The molecule has 2 aromatic heterocycles. The van der Waals surface area contributed by atoms with Crippen molar-refractivity contribution in [3.05, 3.63) is 23.0 Å². The van der Waals surface area contributed by atoms with Gasteiger partial charge < -0.3 is 20.2 Å². The second kappa shape index (κ2) is 9.24. The number of carboxylic acid groups (broad SMARTS) is 1. The first-order valence-electron chi connectivity index (χ1n) is 12.0. The number of halogens is 1. The van der Waals surface area contributed by atoms with Crippen molar-refractivity contribution >= 4 is 35.3 Å². The smallest absolute Gasteiger partial charge is 0.407 e. The zero-order valence-electron chi connectivity index (χ0n) is 20.7. The maximum Gasteiger partial charge on any atom is 0.407 e. The molecule has 1 atom stereocenters. The van der Waals surface area contributed by atoms with Crippen LogP contribution >= 0.6 is 11.6 Å². The normalized spacial score (nSPS) is 25.4. The number of H-pyrrole nitrogens is 1. The van der Waals surface area contributed by atoms with E-state index in [0.717, 1.165) is 44.2 Å². The second-order valence-corrected chi connectivity index (χ2v) is 11.4. The molecule has 1 amide bonds. The molecule has 1 saturated heterocycles. The number of anilines is 3. The minimum absolute atomic E-state index is 0.0254. The van der Waals surface area contributed by atoms with Gasteiger partial charge in [-0.05, 0) is 56.3 Å². The molecule has 0 aromatic carbocycles. The fraction of sp³-hybridized carbons (Fsp3) is 0.667. The molecule has 1 aliphatic carbocycles. The fourth-order valence-electron chi connectivity index (χ4n) is 6.26. The first-order valence-corrected chi connectivity index (χ1v) is 12.4. The van der Waals surface area contributed by atoms with E-state index in [1.807, 2.05) is 20.0 Å². The molecule has 34 heavy (non-hydrogen) atoms. The Bertz CT molecular complexity index is 1030. The first kappa shape index (κ1) is 24.6. The summed E-state index contributed by atoms with van der Waals surface area (Å²) in [5, 5.41) is 20.6. The number of rotatable bonds is 4. The molecular formula is C24H36ClN7O2. The van der Waals surface area contributed by atoms with Gasteiger partial charge in [-0.1, -0.05) is 32.4 Å². The second-order valence-electron chi connectivity index (χ2n) is 11.0. The molecule has 186 valence electrons. The maximum absolute atomic E-state index is 12.1. The SMILES string of the molecule is Cc1cc(Nc2nc(N(C)C3CCC4(CCCN(C(=O)O)C4C(C)(C)C)CC3)ncc2Cl)n[nH]1. The standard InChI is InChI=1S/C24H36ClN7O2/c1-15-13-18(30-29-15)27-19-17(25)14-26-21(28-19)31(5)16-7-10-24(11-8-16)9-6-12-32(22(33)34)20(24)23(2,3)4/h13-14,16,20H,6-12H2,1-5H3,(H,33,34)(H2,26,27,28,29,30). The predicted molar refractivity (Wildman–Crippen MR) is 134 cm³/mol. The molecule has 3 N–H and O–H groups in total. The largest absolute Gasteiger partial charge is 0.465 e. The van der Waals surface area contributed by atoms with Gasteiger partial charge in [0.1, 0.15) is 5.02 Å².